The number of carbonyl (C=O) groups excluding carboxylic acids is 1. The van der Waals surface area contributed by atoms with Gasteiger partial charge in [-0.3, -0.25) is 4.79 Å². The Hall–Kier alpha value is -3.89. The first-order chi connectivity index (χ1) is 16.3. The van der Waals surface area contributed by atoms with Gasteiger partial charge >= 0.3 is 12.1 Å². The standard InChI is InChI=1S/C23H20F3N5O3/c1-31(16-7-8-18-17(12-16)28-21(33-18)13-5-6-13)10-9-27-20(32)15-4-2-3-14(11-15)19-29-22(34-30-19)23(24,25)26/h2-4,7-8,11-13H,5-6,9-10H2,1H3,(H,27,32). The van der Waals surface area contributed by atoms with Gasteiger partial charge in [-0.05, 0) is 43.2 Å². The van der Waals surface area contributed by atoms with Crippen LogP contribution in [0.2, 0.25) is 0 Å². The van der Waals surface area contributed by atoms with E-state index in [1.165, 1.54) is 12.1 Å². The summed E-state index contributed by atoms with van der Waals surface area (Å²) in [6.45, 7) is 0.883. The van der Waals surface area contributed by atoms with Crippen LogP contribution in [-0.2, 0) is 6.18 Å². The average molecular weight is 471 g/mol. The summed E-state index contributed by atoms with van der Waals surface area (Å²) in [4.78, 5) is 22.5. The minimum atomic E-state index is -4.73. The number of nitrogens with one attached hydrogen (secondary N) is 1. The van der Waals surface area contributed by atoms with Crippen LogP contribution in [0.1, 0.15) is 40.9 Å². The van der Waals surface area contributed by atoms with Crippen LogP contribution >= 0.6 is 0 Å². The topological polar surface area (TPSA) is 97.3 Å². The molecule has 2 aromatic carbocycles. The van der Waals surface area contributed by atoms with Crippen LogP contribution in [0.25, 0.3) is 22.5 Å². The van der Waals surface area contributed by atoms with E-state index in [0.717, 1.165) is 35.5 Å². The van der Waals surface area contributed by atoms with Gasteiger partial charge in [0.05, 0.1) is 0 Å². The first kappa shape index (κ1) is 21.9. The molecule has 176 valence electrons. The molecule has 1 aliphatic carbocycles. The molecule has 0 radical (unpaired) electrons. The van der Waals surface area contributed by atoms with E-state index in [2.05, 4.69) is 25.0 Å². The van der Waals surface area contributed by atoms with Crippen LogP contribution in [0.15, 0.2) is 51.4 Å². The molecule has 34 heavy (non-hydrogen) atoms. The molecule has 0 aliphatic heterocycles. The van der Waals surface area contributed by atoms with E-state index in [-0.39, 0.29) is 22.9 Å². The molecule has 1 fully saturated rings. The zero-order valence-corrected chi connectivity index (χ0v) is 18.1. The Morgan fingerprint density at radius 2 is 2.00 bits per heavy atom. The molecule has 0 saturated heterocycles. The number of carbonyl (C=O) groups is 1. The zero-order valence-electron chi connectivity index (χ0n) is 18.1. The number of hydrogen-bond acceptors (Lipinski definition) is 7. The highest BCUT2D eigenvalue weighted by atomic mass is 19.4. The maximum Gasteiger partial charge on any atom is 0.471 e. The third-order valence-corrected chi connectivity index (χ3v) is 5.54. The monoisotopic (exact) mass is 471 g/mol. The SMILES string of the molecule is CN(CCNC(=O)c1cccc(-c2noc(C(F)(F)F)n2)c1)c1ccc2oc(C3CC3)nc2c1. The van der Waals surface area contributed by atoms with Crippen molar-refractivity contribution in [1.29, 1.82) is 0 Å². The highest BCUT2D eigenvalue weighted by Crippen LogP contribution is 2.40. The van der Waals surface area contributed by atoms with Crippen molar-refractivity contribution in [2.75, 3.05) is 25.0 Å². The van der Waals surface area contributed by atoms with E-state index in [9.17, 15) is 18.0 Å². The summed E-state index contributed by atoms with van der Waals surface area (Å²) < 4.78 is 48.1. The van der Waals surface area contributed by atoms with E-state index in [1.807, 2.05) is 30.1 Å². The van der Waals surface area contributed by atoms with Crippen molar-refractivity contribution in [2.24, 2.45) is 0 Å². The van der Waals surface area contributed by atoms with Gasteiger partial charge in [0.2, 0.25) is 5.82 Å². The van der Waals surface area contributed by atoms with Crippen LogP contribution < -0.4 is 10.2 Å². The normalized spacial score (nSPS) is 13.9. The molecule has 0 spiro atoms. The lowest BCUT2D eigenvalue weighted by molar-refractivity contribution is -0.159. The number of fused-ring (bicyclic) bond motifs is 1. The number of nitrogens with zero attached hydrogens (tertiary/aromatic N) is 4. The number of benzene rings is 2. The molecule has 5 rings (SSSR count). The lowest BCUT2D eigenvalue weighted by Crippen LogP contribution is -2.33. The van der Waals surface area contributed by atoms with Gasteiger partial charge in [-0.15, -0.1) is 0 Å². The molecule has 0 atom stereocenters. The number of rotatable bonds is 7. The van der Waals surface area contributed by atoms with Crippen LogP contribution in [0, 0.1) is 0 Å². The summed E-state index contributed by atoms with van der Waals surface area (Å²) in [7, 11) is 1.91. The van der Waals surface area contributed by atoms with Gasteiger partial charge in [-0.25, -0.2) is 4.98 Å². The molecular weight excluding hydrogens is 451 g/mol. The maximum absolute atomic E-state index is 12.7. The Morgan fingerprint density at radius 1 is 1.18 bits per heavy atom. The van der Waals surface area contributed by atoms with Crippen molar-refractivity contribution in [3.05, 3.63) is 59.8 Å². The summed E-state index contributed by atoms with van der Waals surface area (Å²) >= 11 is 0. The molecule has 11 heteroatoms. The molecule has 1 aliphatic rings. The predicted octanol–water partition coefficient (Wildman–Crippen LogP) is 4.64. The second-order valence-electron chi connectivity index (χ2n) is 8.16. The highest BCUT2D eigenvalue weighted by molar-refractivity contribution is 5.95. The van der Waals surface area contributed by atoms with Gasteiger partial charge in [-0.1, -0.05) is 17.3 Å². The van der Waals surface area contributed by atoms with Crippen molar-refractivity contribution < 1.29 is 26.9 Å². The van der Waals surface area contributed by atoms with Crippen LogP contribution in [0.3, 0.4) is 0 Å². The average Bonchev–Trinajstić information content (AvgIpc) is 3.37. The highest BCUT2D eigenvalue weighted by Gasteiger charge is 2.38. The van der Waals surface area contributed by atoms with Crippen molar-refractivity contribution in [1.82, 2.24) is 20.4 Å². The number of alkyl halides is 3. The molecule has 1 saturated carbocycles. The number of likely N-dealkylation sites (N-methyl/N-ethyl adjacent to an activating group) is 1. The summed E-state index contributed by atoms with van der Waals surface area (Å²) in [5.74, 6) is -0.813. The molecule has 1 amide bonds. The van der Waals surface area contributed by atoms with Crippen LogP contribution in [-0.4, -0.2) is 41.2 Å². The van der Waals surface area contributed by atoms with Gasteiger partial charge < -0.3 is 19.2 Å². The summed E-state index contributed by atoms with van der Waals surface area (Å²) in [6.07, 6.45) is -2.50. The van der Waals surface area contributed by atoms with E-state index in [4.69, 9.17) is 4.42 Å². The first-order valence-corrected chi connectivity index (χ1v) is 10.7. The summed E-state index contributed by atoms with van der Waals surface area (Å²) in [5.41, 5.74) is 3.03. The lowest BCUT2D eigenvalue weighted by atomic mass is 10.1. The quantitative estimate of drug-likeness (QED) is 0.419. The first-order valence-electron chi connectivity index (χ1n) is 10.7. The number of oxazole rings is 1. The van der Waals surface area contributed by atoms with Gasteiger partial charge in [0.1, 0.15) is 5.52 Å². The van der Waals surface area contributed by atoms with Gasteiger partial charge in [-0.2, -0.15) is 18.2 Å². The lowest BCUT2D eigenvalue weighted by Gasteiger charge is -2.19. The second-order valence-corrected chi connectivity index (χ2v) is 8.16. The maximum atomic E-state index is 12.7. The Labute approximate surface area is 191 Å². The van der Waals surface area contributed by atoms with Crippen LogP contribution in [0.4, 0.5) is 18.9 Å². The smallest absolute Gasteiger partial charge is 0.440 e. The largest absolute Gasteiger partial charge is 0.471 e. The zero-order chi connectivity index (χ0) is 23.9. The summed E-state index contributed by atoms with van der Waals surface area (Å²) in [5, 5.41) is 6.17. The number of anilines is 1. The van der Waals surface area contributed by atoms with Crippen molar-refractivity contribution in [3.8, 4) is 11.4 Å². The van der Waals surface area contributed by atoms with Gasteiger partial charge in [0.15, 0.2) is 11.5 Å². The third kappa shape index (κ3) is 4.59. The van der Waals surface area contributed by atoms with Crippen molar-refractivity contribution in [2.45, 2.75) is 24.9 Å². The third-order valence-electron chi connectivity index (χ3n) is 5.54. The van der Waals surface area contributed by atoms with E-state index in [1.54, 1.807) is 12.1 Å². The van der Waals surface area contributed by atoms with Crippen molar-refractivity contribution >= 4 is 22.7 Å². The fourth-order valence-corrected chi connectivity index (χ4v) is 3.50. The number of aromatic nitrogens is 3. The molecule has 8 nitrogen and oxygen atoms in total. The predicted molar refractivity (Wildman–Crippen MR) is 116 cm³/mol. The van der Waals surface area contributed by atoms with Crippen LogP contribution in [0.5, 0.6) is 0 Å². The molecular formula is C23H20F3N5O3. The number of halogens is 3. The van der Waals surface area contributed by atoms with Gasteiger partial charge in [0.25, 0.3) is 5.91 Å². The van der Waals surface area contributed by atoms with E-state index >= 15 is 0 Å². The molecule has 1 N–H and O–H groups in total. The summed E-state index contributed by atoms with van der Waals surface area (Å²) in [6, 6.07) is 11.8. The van der Waals surface area contributed by atoms with Crippen molar-refractivity contribution in [3.63, 3.8) is 0 Å². The number of amides is 1. The Kier molecular flexibility index (Phi) is 5.46. The fourth-order valence-electron chi connectivity index (χ4n) is 3.50. The van der Waals surface area contributed by atoms with Gasteiger partial charge in [0, 0.05) is 42.9 Å². The molecule has 2 aromatic heterocycles. The minimum absolute atomic E-state index is 0.241. The van der Waals surface area contributed by atoms with E-state index in [0.29, 0.717) is 19.0 Å². The molecule has 4 aromatic rings. The molecule has 2 heterocycles. The Morgan fingerprint density at radius 3 is 2.74 bits per heavy atom. The fraction of sp³-hybridized carbons (Fsp3) is 0.304. The number of hydrogen-bond donors (Lipinski definition) is 1. The molecule has 0 bridgehead atoms. The Bertz CT molecular complexity index is 1340. The minimum Gasteiger partial charge on any atom is -0.440 e. The van der Waals surface area contributed by atoms with E-state index < -0.39 is 12.1 Å². The Balaban J connectivity index is 1.19. The second kappa shape index (κ2) is 8.47. The molecule has 0 unspecified atom stereocenters.